The van der Waals surface area contributed by atoms with E-state index in [1.807, 2.05) is 0 Å². The molecule has 0 saturated carbocycles. The van der Waals surface area contributed by atoms with Gasteiger partial charge in [0.05, 0.1) is 25.4 Å². The Labute approximate surface area is 355 Å². The minimum Gasteiger partial charge on any atom is -0.466 e. The fourth-order valence-electron chi connectivity index (χ4n) is 7.87. The normalized spacial score (nSPS) is 12.7. The largest absolute Gasteiger partial charge is 0.466 e. The van der Waals surface area contributed by atoms with Crippen molar-refractivity contribution >= 4 is 11.9 Å². The first-order valence-corrected chi connectivity index (χ1v) is 25.4. The lowest BCUT2D eigenvalue weighted by atomic mass is 10.0. The van der Waals surface area contributed by atoms with Gasteiger partial charge in [-0.1, -0.05) is 225 Å². The molecule has 0 aromatic heterocycles. The Hall–Kier alpha value is -1.40. The summed E-state index contributed by atoms with van der Waals surface area (Å²) in [6.45, 7) is 4.88. The highest BCUT2D eigenvalue weighted by Crippen LogP contribution is 2.16. The van der Waals surface area contributed by atoms with Crippen LogP contribution < -0.4 is 5.32 Å². The van der Waals surface area contributed by atoms with Gasteiger partial charge in [0.1, 0.15) is 0 Å². The van der Waals surface area contributed by atoms with Gasteiger partial charge >= 0.3 is 5.97 Å². The Morgan fingerprint density at radius 1 is 0.474 bits per heavy atom. The van der Waals surface area contributed by atoms with E-state index in [0.717, 1.165) is 77.0 Å². The molecule has 0 heterocycles. The maximum absolute atomic E-state index is 12.4. The van der Waals surface area contributed by atoms with E-state index >= 15 is 0 Å². The summed E-state index contributed by atoms with van der Waals surface area (Å²) in [5.74, 6) is -0.0911. The summed E-state index contributed by atoms with van der Waals surface area (Å²) in [5, 5.41) is 23.2. The lowest BCUT2D eigenvalue weighted by Crippen LogP contribution is -2.45. The molecule has 0 rings (SSSR count). The van der Waals surface area contributed by atoms with Crippen molar-refractivity contribution in [2.75, 3.05) is 13.2 Å². The van der Waals surface area contributed by atoms with Crippen molar-refractivity contribution in [2.24, 2.45) is 0 Å². The van der Waals surface area contributed by atoms with Crippen LogP contribution in [0.25, 0.3) is 0 Å². The van der Waals surface area contributed by atoms with Crippen LogP contribution >= 0.6 is 0 Å². The van der Waals surface area contributed by atoms with Crippen LogP contribution in [0.5, 0.6) is 0 Å². The average Bonchev–Trinajstić information content (AvgIpc) is 3.21. The van der Waals surface area contributed by atoms with Gasteiger partial charge in [0.25, 0.3) is 0 Å². The summed E-state index contributed by atoms with van der Waals surface area (Å²) in [7, 11) is 0. The van der Waals surface area contributed by atoms with Crippen LogP contribution in [0, 0.1) is 0 Å². The SMILES string of the molecule is CCCCCCCCCCCCCCCCCC(=O)OCCCC/C=C\CCCCCCCC(=O)NC(CO)C(O)CCCCCCCCCCCCCCCC. The molecule has 338 valence electrons. The Bertz CT molecular complexity index is 847. The molecule has 2 atom stereocenters. The van der Waals surface area contributed by atoms with Crippen LogP contribution in [0.15, 0.2) is 12.2 Å². The Morgan fingerprint density at radius 2 is 0.825 bits per heavy atom. The molecule has 0 aromatic carbocycles. The molecule has 2 unspecified atom stereocenters. The third-order valence-electron chi connectivity index (χ3n) is 11.8. The average molecular weight is 806 g/mol. The van der Waals surface area contributed by atoms with E-state index < -0.39 is 12.1 Å². The van der Waals surface area contributed by atoms with Crippen LogP contribution in [0.2, 0.25) is 0 Å². The second kappa shape index (κ2) is 47.3. The quantitative estimate of drug-likeness (QED) is 0.0323. The monoisotopic (exact) mass is 806 g/mol. The van der Waals surface area contributed by atoms with E-state index in [1.54, 1.807) is 0 Å². The van der Waals surface area contributed by atoms with E-state index in [4.69, 9.17) is 4.74 Å². The van der Waals surface area contributed by atoms with Crippen molar-refractivity contribution in [2.45, 2.75) is 289 Å². The second-order valence-corrected chi connectivity index (χ2v) is 17.5. The lowest BCUT2D eigenvalue weighted by molar-refractivity contribution is -0.143. The number of rotatable bonds is 47. The molecule has 1 amide bonds. The number of hydrogen-bond donors (Lipinski definition) is 3. The number of aliphatic hydroxyl groups is 2. The van der Waals surface area contributed by atoms with Gasteiger partial charge in [0, 0.05) is 12.8 Å². The van der Waals surface area contributed by atoms with E-state index in [1.165, 1.54) is 167 Å². The molecule has 0 aromatic rings. The van der Waals surface area contributed by atoms with Crippen LogP contribution in [-0.4, -0.2) is 47.4 Å². The predicted octanol–water partition coefficient (Wildman–Crippen LogP) is 15.0. The van der Waals surface area contributed by atoms with Gasteiger partial charge in [0.15, 0.2) is 0 Å². The smallest absolute Gasteiger partial charge is 0.305 e. The summed E-state index contributed by atoms with van der Waals surface area (Å²) in [5.41, 5.74) is 0. The summed E-state index contributed by atoms with van der Waals surface area (Å²) >= 11 is 0. The number of unbranched alkanes of at least 4 members (excludes halogenated alkanes) is 34. The van der Waals surface area contributed by atoms with Crippen molar-refractivity contribution in [3.8, 4) is 0 Å². The molecule has 0 saturated heterocycles. The van der Waals surface area contributed by atoms with E-state index in [9.17, 15) is 19.8 Å². The molecule has 0 aliphatic heterocycles. The van der Waals surface area contributed by atoms with Crippen LogP contribution in [0.3, 0.4) is 0 Å². The molecular formula is C51H99NO5. The molecule has 6 heteroatoms. The van der Waals surface area contributed by atoms with E-state index in [0.29, 0.717) is 25.9 Å². The second-order valence-electron chi connectivity index (χ2n) is 17.5. The number of aliphatic hydroxyl groups excluding tert-OH is 2. The molecule has 3 N–H and O–H groups in total. The van der Waals surface area contributed by atoms with Gasteiger partial charge < -0.3 is 20.3 Å². The van der Waals surface area contributed by atoms with Crippen molar-refractivity contribution in [3.63, 3.8) is 0 Å². The maximum Gasteiger partial charge on any atom is 0.305 e. The Balaban J connectivity index is 3.50. The molecule has 0 aliphatic carbocycles. The summed E-state index contributed by atoms with van der Waals surface area (Å²) in [6.07, 6.45) is 53.2. The number of ether oxygens (including phenoxy) is 1. The van der Waals surface area contributed by atoms with Crippen molar-refractivity contribution < 1.29 is 24.5 Å². The van der Waals surface area contributed by atoms with Crippen molar-refractivity contribution in [1.82, 2.24) is 5.32 Å². The maximum atomic E-state index is 12.4. The predicted molar refractivity (Wildman–Crippen MR) is 246 cm³/mol. The van der Waals surface area contributed by atoms with Gasteiger partial charge in [-0.3, -0.25) is 9.59 Å². The number of amides is 1. The van der Waals surface area contributed by atoms with Gasteiger partial charge in [-0.05, 0) is 51.4 Å². The fraction of sp³-hybridized carbons (Fsp3) is 0.922. The first-order valence-electron chi connectivity index (χ1n) is 25.4. The number of carbonyl (C=O) groups is 2. The Kier molecular flexibility index (Phi) is 46.1. The van der Waals surface area contributed by atoms with Gasteiger partial charge in [-0.15, -0.1) is 0 Å². The fourth-order valence-corrected chi connectivity index (χ4v) is 7.87. The number of allylic oxidation sites excluding steroid dienone is 2. The van der Waals surface area contributed by atoms with Gasteiger partial charge in [-0.2, -0.15) is 0 Å². The number of esters is 1. The zero-order valence-corrected chi connectivity index (χ0v) is 38.3. The molecule has 0 radical (unpaired) electrons. The van der Waals surface area contributed by atoms with Crippen molar-refractivity contribution in [1.29, 1.82) is 0 Å². The van der Waals surface area contributed by atoms with Gasteiger partial charge in [0.2, 0.25) is 5.91 Å². The lowest BCUT2D eigenvalue weighted by Gasteiger charge is -2.22. The third kappa shape index (κ3) is 44.0. The van der Waals surface area contributed by atoms with Crippen LogP contribution in [0.4, 0.5) is 0 Å². The highest BCUT2D eigenvalue weighted by Gasteiger charge is 2.20. The summed E-state index contributed by atoms with van der Waals surface area (Å²) in [6, 6.07) is -0.560. The van der Waals surface area contributed by atoms with Crippen LogP contribution in [-0.2, 0) is 14.3 Å². The number of carbonyl (C=O) groups excluding carboxylic acids is 2. The summed E-state index contributed by atoms with van der Waals surface area (Å²) < 4.78 is 5.44. The molecule has 0 aliphatic rings. The molecule has 0 spiro atoms. The topological polar surface area (TPSA) is 95.9 Å². The first-order chi connectivity index (χ1) is 28.0. The molecule has 57 heavy (non-hydrogen) atoms. The minimum absolute atomic E-state index is 0.0282. The number of nitrogens with one attached hydrogen (secondary N) is 1. The van der Waals surface area contributed by atoms with Crippen molar-refractivity contribution in [3.05, 3.63) is 12.2 Å². The molecule has 0 bridgehead atoms. The third-order valence-corrected chi connectivity index (χ3v) is 11.8. The van der Waals surface area contributed by atoms with E-state index in [2.05, 4.69) is 31.3 Å². The Morgan fingerprint density at radius 3 is 1.25 bits per heavy atom. The highest BCUT2D eigenvalue weighted by molar-refractivity contribution is 5.76. The molecular weight excluding hydrogens is 707 g/mol. The molecule has 6 nitrogen and oxygen atoms in total. The molecule has 0 fully saturated rings. The standard InChI is InChI=1S/C51H99NO5/c1-3-5-7-9-11-13-15-17-19-21-25-29-33-37-41-45-51(56)57-46-42-38-34-30-26-22-24-28-32-36-40-44-50(55)52-48(47-53)49(54)43-39-35-31-27-23-20-18-16-14-12-10-8-6-4-2/h26,30,48-49,53-54H,3-25,27-29,31-47H2,1-2H3,(H,52,55)/b30-26-. The zero-order chi connectivity index (χ0) is 41.5. The zero-order valence-electron chi connectivity index (χ0n) is 38.3. The highest BCUT2D eigenvalue weighted by atomic mass is 16.5. The first kappa shape index (κ1) is 55.6. The summed E-state index contributed by atoms with van der Waals surface area (Å²) in [4.78, 5) is 24.4. The van der Waals surface area contributed by atoms with Crippen LogP contribution in [0.1, 0.15) is 277 Å². The minimum atomic E-state index is -0.680. The number of hydrogen-bond acceptors (Lipinski definition) is 5. The van der Waals surface area contributed by atoms with E-state index in [-0.39, 0.29) is 18.5 Å². The van der Waals surface area contributed by atoms with Gasteiger partial charge in [-0.25, -0.2) is 0 Å².